The van der Waals surface area contributed by atoms with E-state index in [9.17, 15) is 14.4 Å². The zero-order valence-electron chi connectivity index (χ0n) is 12.4. The highest BCUT2D eigenvalue weighted by Crippen LogP contribution is 2.11. The van der Waals surface area contributed by atoms with E-state index < -0.39 is 17.2 Å². The number of aromatic nitrogens is 3. The van der Waals surface area contributed by atoms with Crippen molar-refractivity contribution in [3.05, 3.63) is 34.9 Å². The van der Waals surface area contributed by atoms with Crippen LogP contribution >= 0.6 is 0 Å². The van der Waals surface area contributed by atoms with Gasteiger partial charge in [0.2, 0.25) is 5.91 Å². The summed E-state index contributed by atoms with van der Waals surface area (Å²) in [5.41, 5.74) is -0.599. The molecule has 0 aromatic carbocycles. The van der Waals surface area contributed by atoms with E-state index in [1.165, 1.54) is 4.40 Å². The number of carbonyl (C=O) groups is 2. The minimum atomic E-state index is -0.918. The van der Waals surface area contributed by atoms with Crippen molar-refractivity contribution in [2.24, 2.45) is 0 Å². The molecule has 0 saturated heterocycles. The molecule has 0 aliphatic rings. The molecule has 0 bridgehead atoms. The van der Waals surface area contributed by atoms with Crippen LogP contribution in [0.25, 0.3) is 5.65 Å². The highest BCUT2D eigenvalue weighted by molar-refractivity contribution is 5.76. The van der Waals surface area contributed by atoms with Crippen molar-refractivity contribution < 1.29 is 14.7 Å². The van der Waals surface area contributed by atoms with Crippen molar-refractivity contribution in [3.63, 3.8) is 0 Å². The number of nitrogens with zero attached hydrogens (tertiary/aromatic N) is 3. The van der Waals surface area contributed by atoms with Gasteiger partial charge in [0.15, 0.2) is 5.65 Å². The third kappa shape index (κ3) is 3.72. The number of carboxylic acid groups (broad SMARTS) is 1. The van der Waals surface area contributed by atoms with Gasteiger partial charge in [-0.05, 0) is 32.4 Å². The second-order valence-corrected chi connectivity index (χ2v) is 5.69. The van der Waals surface area contributed by atoms with Crippen LogP contribution in [-0.4, -0.2) is 36.7 Å². The Bertz CT molecular complexity index is 760. The van der Waals surface area contributed by atoms with Crippen molar-refractivity contribution in [3.8, 4) is 0 Å². The molecule has 0 unspecified atom stereocenters. The lowest BCUT2D eigenvalue weighted by Gasteiger charge is -2.25. The first-order valence-corrected chi connectivity index (χ1v) is 6.85. The number of fused-ring (bicyclic) bond motifs is 1. The normalized spacial score (nSPS) is 11.5. The Morgan fingerprint density at radius 3 is 2.73 bits per heavy atom. The van der Waals surface area contributed by atoms with E-state index in [1.807, 2.05) is 0 Å². The Morgan fingerprint density at radius 1 is 1.36 bits per heavy atom. The van der Waals surface area contributed by atoms with E-state index in [4.69, 9.17) is 5.11 Å². The van der Waals surface area contributed by atoms with Crippen LogP contribution in [0.4, 0.5) is 0 Å². The maximum absolute atomic E-state index is 12.1. The molecule has 0 aliphatic heterocycles. The molecule has 2 heterocycles. The number of aliphatic carboxylic acids is 1. The van der Waals surface area contributed by atoms with Crippen molar-refractivity contribution in [2.45, 2.75) is 38.8 Å². The fraction of sp³-hybridized carbons (Fsp3) is 0.429. The first-order chi connectivity index (χ1) is 10.3. The predicted molar refractivity (Wildman–Crippen MR) is 78.5 cm³/mol. The first-order valence-electron chi connectivity index (χ1n) is 6.85. The molecule has 1 amide bonds. The third-order valence-corrected chi connectivity index (χ3v) is 3.22. The van der Waals surface area contributed by atoms with Gasteiger partial charge in [0.25, 0.3) is 0 Å². The Balaban J connectivity index is 2.06. The molecule has 2 N–H and O–H groups in total. The van der Waals surface area contributed by atoms with Crippen molar-refractivity contribution in [2.75, 3.05) is 0 Å². The molecule has 2 aromatic heterocycles. The van der Waals surface area contributed by atoms with Gasteiger partial charge in [-0.3, -0.25) is 14.0 Å². The number of carbonyl (C=O) groups excluding carboxylic acids is 1. The van der Waals surface area contributed by atoms with E-state index in [-0.39, 0.29) is 18.9 Å². The van der Waals surface area contributed by atoms with Gasteiger partial charge in [-0.2, -0.15) is 0 Å². The highest BCUT2D eigenvalue weighted by Gasteiger charge is 2.22. The second kappa shape index (κ2) is 6.00. The van der Waals surface area contributed by atoms with Gasteiger partial charge in [0.1, 0.15) is 6.54 Å². The number of nitrogens with one attached hydrogen (secondary N) is 1. The quantitative estimate of drug-likeness (QED) is 0.796. The molecule has 0 radical (unpaired) electrons. The maximum Gasteiger partial charge on any atom is 0.350 e. The fourth-order valence-electron chi connectivity index (χ4n) is 2.11. The number of hydrogen-bond donors (Lipinski definition) is 2. The molecular formula is C14H18N4O4. The fourth-order valence-corrected chi connectivity index (χ4v) is 2.11. The molecular weight excluding hydrogens is 288 g/mol. The van der Waals surface area contributed by atoms with E-state index in [0.717, 1.165) is 4.68 Å². The van der Waals surface area contributed by atoms with Crippen molar-refractivity contribution in [1.29, 1.82) is 0 Å². The van der Waals surface area contributed by atoms with E-state index in [2.05, 4.69) is 10.4 Å². The number of hydrogen-bond acceptors (Lipinski definition) is 4. The molecule has 0 aliphatic carbocycles. The molecule has 2 aromatic rings. The van der Waals surface area contributed by atoms with Gasteiger partial charge in [-0.25, -0.2) is 9.48 Å². The predicted octanol–water partition coefficient (Wildman–Crippen LogP) is 0.256. The van der Waals surface area contributed by atoms with E-state index >= 15 is 0 Å². The summed E-state index contributed by atoms with van der Waals surface area (Å²) in [4.78, 5) is 34.7. The summed E-state index contributed by atoms with van der Waals surface area (Å²) >= 11 is 0. The van der Waals surface area contributed by atoms with Gasteiger partial charge in [-0.15, -0.1) is 5.10 Å². The Hall–Kier alpha value is -2.64. The van der Waals surface area contributed by atoms with Gasteiger partial charge in [-0.1, -0.05) is 6.07 Å². The molecule has 8 heteroatoms. The summed E-state index contributed by atoms with van der Waals surface area (Å²) in [6, 6.07) is 5.13. The van der Waals surface area contributed by atoms with Gasteiger partial charge in [0, 0.05) is 18.2 Å². The van der Waals surface area contributed by atoms with E-state index in [1.54, 1.807) is 38.2 Å². The summed E-state index contributed by atoms with van der Waals surface area (Å²) in [5.74, 6) is -1.31. The summed E-state index contributed by atoms with van der Waals surface area (Å²) in [5, 5.41) is 15.5. The monoisotopic (exact) mass is 306 g/mol. The van der Waals surface area contributed by atoms with Crippen LogP contribution in [0.3, 0.4) is 0 Å². The van der Waals surface area contributed by atoms with Crippen LogP contribution in [0, 0.1) is 0 Å². The Kier molecular flexibility index (Phi) is 4.30. The van der Waals surface area contributed by atoms with Gasteiger partial charge < -0.3 is 10.4 Å². The minimum absolute atomic E-state index is 0.0401. The summed E-state index contributed by atoms with van der Waals surface area (Å²) in [6.45, 7) is 3.26. The molecule has 22 heavy (non-hydrogen) atoms. The smallest absolute Gasteiger partial charge is 0.350 e. The summed E-state index contributed by atoms with van der Waals surface area (Å²) in [7, 11) is 0. The summed E-state index contributed by atoms with van der Waals surface area (Å²) < 4.78 is 2.43. The Morgan fingerprint density at radius 2 is 2.09 bits per heavy atom. The minimum Gasteiger partial charge on any atom is -0.481 e. The molecule has 0 fully saturated rings. The van der Waals surface area contributed by atoms with E-state index in [0.29, 0.717) is 12.1 Å². The van der Waals surface area contributed by atoms with Crippen molar-refractivity contribution >= 4 is 17.5 Å². The topological polar surface area (TPSA) is 106 Å². The van der Waals surface area contributed by atoms with Crippen LogP contribution < -0.4 is 11.0 Å². The molecule has 0 spiro atoms. The molecule has 0 atom stereocenters. The largest absolute Gasteiger partial charge is 0.481 e. The van der Waals surface area contributed by atoms with Crippen LogP contribution in [0.1, 0.15) is 26.7 Å². The van der Waals surface area contributed by atoms with Gasteiger partial charge >= 0.3 is 11.7 Å². The lowest BCUT2D eigenvalue weighted by atomic mass is 9.98. The lowest BCUT2D eigenvalue weighted by molar-refractivity contribution is -0.137. The zero-order chi connectivity index (χ0) is 16.3. The zero-order valence-corrected chi connectivity index (χ0v) is 12.4. The van der Waals surface area contributed by atoms with Crippen LogP contribution in [-0.2, 0) is 16.1 Å². The molecule has 0 saturated carbocycles. The van der Waals surface area contributed by atoms with Crippen molar-refractivity contribution in [1.82, 2.24) is 19.5 Å². The van der Waals surface area contributed by atoms with Crippen LogP contribution in [0.15, 0.2) is 29.2 Å². The molecule has 2 rings (SSSR count). The third-order valence-electron chi connectivity index (χ3n) is 3.22. The van der Waals surface area contributed by atoms with Crippen LogP contribution in [0.2, 0.25) is 0 Å². The maximum atomic E-state index is 12.1. The highest BCUT2D eigenvalue weighted by atomic mass is 16.4. The summed E-state index contributed by atoms with van der Waals surface area (Å²) in [6.07, 6.45) is 1.84. The van der Waals surface area contributed by atoms with Gasteiger partial charge in [0.05, 0.1) is 0 Å². The number of pyridine rings is 1. The average Bonchev–Trinajstić information content (AvgIpc) is 2.73. The lowest BCUT2D eigenvalue weighted by Crippen LogP contribution is -2.46. The first kappa shape index (κ1) is 15.7. The second-order valence-electron chi connectivity index (χ2n) is 5.69. The van der Waals surface area contributed by atoms with Crippen LogP contribution in [0.5, 0.6) is 0 Å². The molecule has 118 valence electrons. The average molecular weight is 306 g/mol. The molecule has 8 nitrogen and oxygen atoms in total. The SMILES string of the molecule is CC(C)(CCC(=O)O)NC(=O)Cn1nc2ccccn2c1=O. The number of rotatable bonds is 6. The number of amides is 1. The standard InChI is InChI=1S/C14H18N4O4/c1-14(2,7-6-12(20)21)15-11(19)9-18-13(22)17-8-4-3-5-10(17)16-18/h3-5,8H,6-7,9H2,1-2H3,(H,15,19)(H,20,21). The Labute approximate surface area is 126 Å². The number of carboxylic acids is 1.